The van der Waals surface area contributed by atoms with E-state index in [0.29, 0.717) is 19.3 Å². The van der Waals surface area contributed by atoms with Crippen LogP contribution in [0.2, 0.25) is 0 Å². The van der Waals surface area contributed by atoms with Crippen molar-refractivity contribution in [2.75, 3.05) is 13.2 Å². The maximum Gasteiger partial charge on any atom is 0.306 e. The Kier molecular flexibility index (Phi) is 49.0. The molecule has 1 atom stereocenters. The van der Waals surface area contributed by atoms with Crippen molar-refractivity contribution in [1.82, 2.24) is 0 Å². The number of ether oxygens (including phenoxy) is 3. The monoisotopic (exact) mass is 889 g/mol. The third kappa shape index (κ3) is 49.3. The molecule has 0 aliphatic heterocycles. The van der Waals surface area contributed by atoms with E-state index in [4.69, 9.17) is 14.2 Å². The first-order valence-corrected chi connectivity index (χ1v) is 26.2. The maximum atomic E-state index is 12.8. The summed E-state index contributed by atoms with van der Waals surface area (Å²) in [5, 5.41) is 0. The molecule has 0 aliphatic rings. The van der Waals surface area contributed by atoms with Gasteiger partial charge in [0.15, 0.2) is 6.10 Å². The predicted molar refractivity (Wildman–Crippen MR) is 274 cm³/mol. The molecule has 0 heterocycles. The minimum atomic E-state index is -0.793. The lowest BCUT2D eigenvalue weighted by molar-refractivity contribution is -0.167. The second-order valence-electron chi connectivity index (χ2n) is 17.0. The lowest BCUT2D eigenvalue weighted by Crippen LogP contribution is -2.30. The van der Waals surface area contributed by atoms with Crippen LogP contribution in [0, 0.1) is 0 Å². The first-order chi connectivity index (χ1) is 31.5. The zero-order chi connectivity index (χ0) is 46.5. The fourth-order valence-electron chi connectivity index (χ4n) is 6.92. The van der Waals surface area contributed by atoms with Gasteiger partial charge in [-0.1, -0.05) is 201 Å². The molecule has 0 aliphatic carbocycles. The summed E-state index contributed by atoms with van der Waals surface area (Å²) >= 11 is 0. The van der Waals surface area contributed by atoms with E-state index in [1.807, 2.05) is 0 Å². The van der Waals surface area contributed by atoms with Gasteiger partial charge in [-0.05, 0) is 109 Å². The molecule has 6 nitrogen and oxygen atoms in total. The van der Waals surface area contributed by atoms with Crippen LogP contribution >= 0.6 is 0 Å². The van der Waals surface area contributed by atoms with E-state index < -0.39 is 6.10 Å². The molecule has 0 fully saturated rings. The average Bonchev–Trinajstić information content (AvgIpc) is 3.29. The number of allylic oxidation sites excluding steroid dienone is 16. The minimum Gasteiger partial charge on any atom is -0.462 e. The Morgan fingerprint density at radius 2 is 0.609 bits per heavy atom. The Balaban J connectivity index is 4.36. The average molecular weight is 889 g/mol. The molecule has 1 unspecified atom stereocenters. The highest BCUT2D eigenvalue weighted by Gasteiger charge is 2.19. The summed E-state index contributed by atoms with van der Waals surface area (Å²) in [6.07, 6.45) is 68.2. The van der Waals surface area contributed by atoms with Crippen molar-refractivity contribution in [3.63, 3.8) is 0 Å². The van der Waals surface area contributed by atoms with Gasteiger partial charge in [0.2, 0.25) is 0 Å². The Labute approximate surface area is 394 Å². The maximum absolute atomic E-state index is 12.8. The first kappa shape index (κ1) is 60.3. The molecule has 0 spiro atoms. The second kappa shape index (κ2) is 52.0. The van der Waals surface area contributed by atoms with Crippen LogP contribution in [0.15, 0.2) is 97.2 Å². The van der Waals surface area contributed by atoms with Gasteiger partial charge in [-0.15, -0.1) is 0 Å². The predicted octanol–water partition coefficient (Wildman–Crippen LogP) is 17.4. The molecule has 6 heteroatoms. The molecule has 0 N–H and O–H groups in total. The van der Waals surface area contributed by atoms with Crippen LogP contribution in [0.1, 0.15) is 233 Å². The van der Waals surface area contributed by atoms with Gasteiger partial charge in [0.1, 0.15) is 13.2 Å². The van der Waals surface area contributed by atoms with Crippen molar-refractivity contribution >= 4 is 17.9 Å². The molecule has 364 valence electrons. The molecule has 64 heavy (non-hydrogen) atoms. The molecular formula is C58H96O6. The van der Waals surface area contributed by atoms with Gasteiger partial charge < -0.3 is 14.2 Å². The van der Waals surface area contributed by atoms with Gasteiger partial charge in [-0.2, -0.15) is 0 Å². The van der Waals surface area contributed by atoms with Crippen LogP contribution in [-0.4, -0.2) is 37.2 Å². The van der Waals surface area contributed by atoms with E-state index in [1.54, 1.807) is 0 Å². The van der Waals surface area contributed by atoms with Crippen molar-refractivity contribution in [2.45, 2.75) is 239 Å². The third-order valence-electron chi connectivity index (χ3n) is 10.8. The van der Waals surface area contributed by atoms with E-state index >= 15 is 0 Å². The molecule has 0 radical (unpaired) electrons. The molecule has 0 saturated carbocycles. The summed E-state index contributed by atoms with van der Waals surface area (Å²) in [7, 11) is 0. The first-order valence-electron chi connectivity index (χ1n) is 26.2. The van der Waals surface area contributed by atoms with Crippen molar-refractivity contribution in [3.8, 4) is 0 Å². The number of carbonyl (C=O) groups is 3. The summed E-state index contributed by atoms with van der Waals surface area (Å²) in [5.41, 5.74) is 0. The van der Waals surface area contributed by atoms with Gasteiger partial charge in [0.25, 0.3) is 0 Å². The fraction of sp³-hybridized carbons (Fsp3) is 0.672. The van der Waals surface area contributed by atoms with Gasteiger partial charge in [0.05, 0.1) is 0 Å². The lowest BCUT2D eigenvalue weighted by atomic mass is 10.1. The SMILES string of the molecule is CC/C=C\C/C=C\C/C=C\C/C=C\CCCCCCCCCCC(=O)OCC(COC(=O)CCCCCCC/C=C\CCC)OC(=O)CCCCCCC/C=C\C/C=C\C/C=C\CC. The van der Waals surface area contributed by atoms with Crippen molar-refractivity contribution in [1.29, 1.82) is 0 Å². The highest BCUT2D eigenvalue weighted by atomic mass is 16.6. The van der Waals surface area contributed by atoms with Crippen LogP contribution in [0.3, 0.4) is 0 Å². The number of hydrogen-bond acceptors (Lipinski definition) is 6. The van der Waals surface area contributed by atoms with Crippen LogP contribution in [0.5, 0.6) is 0 Å². The van der Waals surface area contributed by atoms with E-state index in [0.717, 1.165) is 148 Å². The standard InChI is InChI=1S/C58H96O6/c1-4-7-10-13-16-19-22-24-26-27-28-29-30-31-33-34-36-39-42-45-48-51-57(60)63-54-55(53-62-56(59)50-47-44-41-38-21-18-15-12-9-6-3)64-58(61)52-49-46-43-40-37-35-32-25-23-20-17-14-11-8-5-2/h7-8,10-12,15-17,19-20,24-26,28-29,32,55H,4-6,9,13-14,18,21-23,27,30-31,33-54H2,1-3H3/b10-7-,11-8-,15-12-,19-16-,20-17-,26-24-,29-28-,32-25-. The minimum absolute atomic E-state index is 0.0926. The summed E-state index contributed by atoms with van der Waals surface area (Å²) in [6.45, 7) is 6.32. The Hall–Kier alpha value is -3.67. The van der Waals surface area contributed by atoms with E-state index in [2.05, 4.69) is 118 Å². The summed E-state index contributed by atoms with van der Waals surface area (Å²) in [6, 6.07) is 0. The topological polar surface area (TPSA) is 78.9 Å². The zero-order valence-corrected chi connectivity index (χ0v) is 41.5. The number of unbranched alkanes of at least 4 members (excludes halogenated alkanes) is 19. The van der Waals surface area contributed by atoms with Crippen LogP contribution in [0.4, 0.5) is 0 Å². The molecule has 0 aromatic heterocycles. The second-order valence-corrected chi connectivity index (χ2v) is 17.0. The highest BCUT2D eigenvalue weighted by molar-refractivity contribution is 5.71. The fourth-order valence-corrected chi connectivity index (χ4v) is 6.92. The van der Waals surface area contributed by atoms with Gasteiger partial charge in [0, 0.05) is 19.3 Å². The zero-order valence-electron chi connectivity index (χ0n) is 41.5. The third-order valence-corrected chi connectivity index (χ3v) is 10.8. The largest absolute Gasteiger partial charge is 0.462 e. The smallest absolute Gasteiger partial charge is 0.306 e. The van der Waals surface area contributed by atoms with E-state index in [9.17, 15) is 14.4 Å². The Morgan fingerprint density at radius 1 is 0.328 bits per heavy atom. The Bertz CT molecular complexity index is 1300. The summed E-state index contributed by atoms with van der Waals surface area (Å²) in [4.78, 5) is 38.0. The molecule has 0 aromatic carbocycles. The van der Waals surface area contributed by atoms with Crippen molar-refractivity contribution in [3.05, 3.63) is 97.2 Å². The van der Waals surface area contributed by atoms with E-state index in [1.165, 1.54) is 44.9 Å². The normalized spacial score (nSPS) is 12.9. The van der Waals surface area contributed by atoms with Gasteiger partial charge in [-0.25, -0.2) is 0 Å². The Morgan fingerprint density at radius 3 is 0.969 bits per heavy atom. The number of carbonyl (C=O) groups excluding carboxylic acids is 3. The molecule has 0 amide bonds. The quantitative estimate of drug-likeness (QED) is 0.0262. The molecule has 0 aromatic rings. The molecular weight excluding hydrogens is 793 g/mol. The summed E-state index contributed by atoms with van der Waals surface area (Å²) < 4.78 is 16.8. The number of rotatable bonds is 46. The van der Waals surface area contributed by atoms with Crippen molar-refractivity contribution < 1.29 is 28.6 Å². The van der Waals surface area contributed by atoms with E-state index in [-0.39, 0.29) is 31.1 Å². The number of hydrogen-bond donors (Lipinski definition) is 0. The van der Waals surface area contributed by atoms with Gasteiger partial charge >= 0.3 is 17.9 Å². The molecule has 0 bridgehead atoms. The summed E-state index contributed by atoms with van der Waals surface area (Å²) in [5.74, 6) is -0.931. The molecule has 0 rings (SSSR count). The van der Waals surface area contributed by atoms with Crippen LogP contribution in [-0.2, 0) is 28.6 Å². The lowest BCUT2D eigenvalue weighted by Gasteiger charge is -2.18. The molecule has 0 saturated heterocycles. The van der Waals surface area contributed by atoms with Crippen LogP contribution < -0.4 is 0 Å². The highest BCUT2D eigenvalue weighted by Crippen LogP contribution is 2.14. The number of esters is 3. The van der Waals surface area contributed by atoms with Crippen molar-refractivity contribution in [2.24, 2.45) is 0 Å². The van der Waals surface area contributed by atoms with Gasteiger partial charge in [-0.3, -0.25) is 14.4 Å². The van der Waals surface area contributed by atoms with Crippen LogP contribution in [0.25, 0.3) is 0 Å².